The van der Waals surface area contributed by atoms with Gasteiger partial charge >= 0.3 is 11.4 Å². The normalized spacial score (nSPS) is 13.1. The van der Waals surface area contributed by atoms with E-state index in [1.807, 2.05) is 37.3 Å². The molecule has 4 rings (SSSR count). The molecule has 1 unspecified atom stereocenters. The summed E-state index contributed by atoms with van der Waals surface area (Å²) in [5.74, 6) is -0.965. The van der Waals surface area contributed by atoms with Crippen LogP contribution >= 0.6 is 0 Å². The number of aromatic hydroxyl groups is 1. The van der Waals surface area contributed by atoms with Crippen LogP contribution in [0.4, 0.5) is 11.4 Å². The van der Waals surface area contributed by atoms with Crippen LogP contribution in [0.1, 0.15) is 5.56 Å². The zero-order valence-corrected chi connectivity index (χ0v) is 18.1. The van der Waals surface area contributed by atoms with E-state index in [2.05, 4.69) is 10.2 Å². The predicted octanol–water partition coefficient (Wildman–Crippen LogP) is 5.18. The van der Waals surface area contributed by atoms with E-state index in [4.69, 9.17) is 8.74 Å². The maximum atomic E-state index is 11.5. The Labute approximate surface area is 185 Å². The van der Waals surface area contributed by atoms with Crippen molar-refractivity contribution in [1.82, 2.24) is 0 Å². The summed E-state index contributed by atoms with van der Waals surface area (Å²) in [6.07, 6.45) is 0. The lowest BCUT2D eigenvalue weighted by Crippen LogP contribution is -1.99. The summed E-state index contributed by atoms with van der Waals surface area (Å²) in [5, 5.41) is 21.3. The minimum Gasteiger partial charge on any atom is -0.503 e. The number of nitrogens with zero attached hydrogens (tertiary/aromatic N) is 2. The van der Waals surface area contributed by atoms with Gasteiger partial charge in [0.2, 0.25) is 0 Å². The van der Waals surface area contributed by atoms with Crippen LogP contribution < -0.4 is 4.18 Å². The molecule has 0 fully saturated rings. The highest BCUT2D eigenvalue weighted by molar-refractivity contribution is 7.85. The van der Waals surface area contributed by atoms with Crippen LogP contribution in [-0.4, -0.2) is 26.8 Å². The van der Waals surface area contributed by atoms with Crippen molar-refractivity contribution >= 4 is 54.4 Å². The van der Waals surface area contributed by atoms with Gasteiger partial charge < -0.3 is 9.29 Å². The van der Waals surface area contributed by atoms with E-state index in [9.17, 15) is 22.3 Å². The Bertz CT molecular complexity index is 1530. The van der Waals surface area contributed by atoms with Crippen molar-refractivity contribution in [2.24, 2.45) is 10.2 Å². The molecule has 0 bridgehead atoms. The van der Waals surface area contributed by atoms with Gasteiger partial charge in [0.15, 0.2) is 11.5 Å². The van der Waals surface area contributed by atoms with Gasteiger partial charge in [0.1, 0.15) is 5.69 Å². The topological polar surface area (TPSA) is 146 Å². The number of aryl methyl sites for hydroxylation is 1. The first-order valence-corrected chi connectivity index (χ1v) is 11.6. The molecular formula is C21H16N2O7S2. The molecule has 11 heteroatoms. The van der Waals surface area contributed by atoms with Crippen molar-refractivity contribution in [3.8, 4) is 11.5 Å². The Hall–Kier alpha value is -3.38. The van der Waals surface area contributed by atoms with E-state index in [1.165, 1.54) is 6.07 Å². The summed E-state index contributed by atoms with van der Waals surface area (Å²) in [7, 11) is -4.50. The molecule has 0 amide bonds. The lowest BCUT2D eigenvalue weighted by atomic mass is 10.0. The van der Waals surface area contributed by atoms with Gasteiger partial charge in [-0.25, -0.2) is 0 Å². The second kappa shape index (κ2) is 8.28. The third-order valence-electron chi connectivity index (χ3n) is 4.86. The summed E-state index contributed by atoms with van der Waals surface area (Å²) in [6, 6.07) is 16.0. The number of fused-ring (bicyclic) bond motifs is 2. The molecule has 0 aliphatic rings. The molecule has 164 valence electrons. The summed E-state index contributed by atoms with van der Waals surface area (Å²) >= 11 is -2.76. The van der Waals surface area contributed by atoms with Crippen LogP contribution in [0.3, 0.4) is 0 Å². The molecule has 0 radical (unpaired) electrons. The molecule has 0 aliphatic carbocycles. The fraction of sp³-hybridized carbons (Fsp3) is 0.0476. The molecule has 0 aliphatic heterocycles. The van der Waals surface area contributed by atoms with E-state index in [-0.39, 0.29) is 16.5 Å². The summed E-state index contributed by atoms with van der Waals surface area (Å²) in [4.78, 5) is -0.404. The standard InChI is InChI=1S/C21H16N2O7S2/c1-12-6-9-18(17-5-3-2-4-15(12)17)22-23-20-16-8-7-14(32(27,28)29)10-13(16)11-19(21(20)24)30-31(25)26/h2-11,24H,1H3,(H,25,26)(H,27,28,29). The highest BCUT2D eigenvalue weighted by Gasteiger charge is 2.19. The molecule has 4 aromatic rings. The lowest BCUT2D eigenvalue weighted by Gasteiger charge is -2.10. The number of rotatable bonds is 5. The van der Waals surface area contributed by atoms with Crippen molar-refractivity contribution in [3.05, 3.63) is 66.2 Å². The van der Waals surface area contributed by atoms with Gasteiger partial charge in [0.25, 0.3) is 10.1 Å². The molecule has 0 aromatic heterocycles. The highest BCUT2D eigenvalue weighted by atomic mass is 32.2. The van der Waals surface area contributed by atoms with Gasteiger partial charge in [-0.05, 0) is 47.5 Å². The first kappa shape index (κ1) is 21.8. The zero-order valence-electron chi connectivity index (χ0n) is 16.5. The Kier molecular flexibility index (Phi) is 5.65. The van der Waals surface area contributed by atoms with E-state index in [1.54, 1.807) is 6.07 Å². The highest BCUT2D eigenvalue weighted by Crippen LogP contribution is 2.44. The fourth-order valence-corrected chi connectivity index (χ4v) is 4.15. The van der Waals surface area contributed by atoms with Crippen molar-refractivity contribution in [2.45, 2.75) is 11.8 Å². The third kappa shape index (κ3) is 4.18. The molecule has 0 saturated carbocycles. The maximum absolute atomic E-state index is 11.5. The minimum absolute atomic E-state index is 0.102. The van der Waals surface area contributed by atoms with Crippen molar-refractivity contribution < 1.29 is 31.0 Å². The monoisotopic (exact) mass is 472 g/mol. The summed E-state index contributed by atoms with van der Waals surface area (Å²) < 4.78 is 57.3. The third-order valence-corrected chi connectivity index (χ3v) is 6.03. The number of phenolic OH excluding ortho intramolecular Hbond substituents is 1. The average Bonchev–Trinajstić information content (AvgIpc) is 2.74. The van der Waals surface area contributed by atoms with E-state index < -0.39 is 37.9 Å². The minimum atomic E-state index is -4.50. The number of benzene rings is 4. The van der Waals surface area contributed by atoms with Crippen LogP contribution in [0, 0.1) is 6.92 Å². The molecule has 0 saturated heterocycles. The van der Waals surface area contributed by atoms with Crippen LogP contribution in [0.25, 0.3) is 21.5 Å². The van der Waals surface area contributed by atoms with Gasteiger partial charge in [-0.15, -0.1) is 10.2 Å². The smallest absolute Gasteiger partial charge is 0.357 e. The quantitative estimate of drug-likeness (QED) is 0.206. The maximum Gasteiger partial charge on any atom is 0.357 e. The average molecular weight is 473 g/mol. The fourth-order valence-electron chi connectivity index (χ4n) is 3.36. The zero-order chi connectivity index (χ0) is 23.0. The SMILES string of the molecule is Cc1ccc(N=Nc2c(O)c(OS(=O)O)cc3cc(S(=O)(=O)O)ccc23)c2ccccc12. The molecule has 4 aromatic carbocycles. The first-order valence-electron chi connectivity index (χ1n) is 9.11. The number of azo groups is 1. The lowest BCUT2D eigenvalue weighted by molar-refractivity contribution is 0.419. The molecule has 0 heterocycles. The van der Waals surface area contributed by atoms with Gasteiger partial charge in [-0.1, -0.05) is 36.4 Å². The van der Waals surface area contributed by atoms with Crippen LogP contribution in [0.5, 0.6) is 11.5 Å². The number of hydrogen-bond acceptors (Lipinski definition) is 7. The van der Waals surface area contributed by atoms with Gasteiger partial charge in [-0.3, -0.25) is 9.11 Å². The summed E-state index contributed by atoms with van der Waals surface area (Å²) in [6.45, 7) is 1.96. The van der Waals surface area contributed by atoms with Crippen molar-refractivity contribution in [1.29, 1.82) is 0 Å². The molecule has 9 nitrogen and oxygen atoms in total. The largest absolute Gasteiger partial charge is 0.503 e. The van der Waals surface area contributed by atoms with Gasteiger partial charge in [-0.2, -0.15) is 12.6 Å². The van der Waals surface area contributed by atoms with Crippen LogP contribution in [0.15, 0.2) is 75.8 Å². The molecule has 32 heavy (non-hydrogen) atoms. The van der Waals surface area contributed by atoms with Gasteiger partial charge in [0.05, 0.1) is 10.6 Å². The molecule has 3 N–H and O–H groups in total. The Morgan fingerprint density at radius 3 is 2.34 bits per heavy atom. The van der Waals surface area contributed by atoms with E-state index in [0.717, 1.165) is 34.5 Å². The number of phenols is 1. The molecular weight excluding hydrogens is 456 g/mol. The predicted molar refractivity (Wildman–Crippen MR) is 120 cm³/mol. The second-order valence-electron chi connectivity index (χ2n) is 6.88. The molecule has 0 spiro atoms. The van der Waals surface area contributed by atoms with E-state index in [0.29, 0.717) is 5.69 Å². The summed E-state index contributed by atoms with van der Waals surface area (Å²) in [5.41, 5.74) is 1.46. The Morgan fingerprint density at radius 2 is 1.66 bits per heavy atom. The van der Waals surface area contributed by atoms with Crippen molar-refractivity contribution in [2.75, 3.05) is 0 Å². The van der Waals surface area contributed by atoms with Gasteiger partial charge in [0, 0.05) is 10.8 Å². The second-order valence-corrected chi connectivity index (χ2v) is 8.90. The van der Waals surface area contributed by atoms with Crippen LogP contribution in [0.2, 0.25) is 0 Å². The molecule has 1 atom stereocenters. The van der Waals surface area contributed by atoms with Crippen molar-refractivity contribution in [3.63, 3.8) is 0 Å². The first-order chi connectivity index (χ1) is 15.1. The van der Waals surface area contributed by atoms with E-state index >= 15 is 0 Å². The Balaban J connectivity index is 1.94. The number of hydrogen-bond donors (Lipinski definition) is 3. The Morgan fingerprint density at radius 1 is 0.938 bits per heavy atom. The van der Waals surface area contributed by atoms with Crippen LogP contribution in [-0.2, 0) is 21.5 Å².